The fourth-order valence-corrected chi connectivity index (χ4v) is 4.61. The number of hydrogen-bond donors (Lipinski definition) is 1. The van der Waals surface area contributed by atoms with Gasteiger partial charge in [-0.05, 0) is 44.5 Å². The summed E-state index contributed by atoms with van der Waals surface area (Å²) in [6.07, 6.45) is 4.83. The van der Waals surface area contributed by atoms with Crippen LogP contribution in [-0.2, 0) is 20.7 Å². The zero-order valence-corrected chi connectivity index (χ0v) is 21.0. The zero-order chi connectivity index (χ0) is 25.3. The van der Waals surface area contributed by atoms with Gasteiger partial charge in [-0.1, -0.05) is 31.0 Å². The van der Waals surface area contributed by atoms with Crippen molar-refractivity contribution in [2.24, 2.45) is 0 Å². The summed E-state index contributed by atoms with van der Waals surface area (Å²) < 4.78 is 8.15. The quantitative estimate of drug-likeness (QED) is 0.384. The number of benzene rings is 1. The highest BCUT2D eigenvalue weighted by molar-refractivity contribution is 6.44. The molecule has 1 N–H and O–H groups in total. The highest BCUT2D eigenvalue weighted by atomic mass is 35.5. The molecule has 8 nitrogen and oxygen atoms in total. The van der Waals surface area contributed by atoms with Crippen LogP contribution in [0.3, 0.4) is 0 Å². The summed E-state index contributed by atoms with van der Waals surface area (Å²) in [5, 5.41) is 3.63. The number of nitrogens with zero attached hydrogens (tertiary/aromatic N) is 3. The maximum atomic E-state index is 13.8. The molecule has 0 unspecified atom stereocenters. The van der Waals surface area contributed by atoms with Crippen molar-refractivity contribution in [1.29, 1.82) is 0 Å². The van der Waals surface area contributed by atoms with Crippen molar-refractivity contribution in [2.75, 3.05) is 20.3 Å². The lowest BCUT2D eigenvalue weighted by Crippen LogP contribution is -2.41. The fourth-order valence-electron chi connectivity index (χ4n) is 4.42. The summed E-state index contributed by atoms with van der Waals surface area (Å²) in [7, 11) is 1.51. The lowest BCUT2D eigenvalue weighted by atomic mass is 10.0. The number of H-pyrrole nitrogens is 1. The molecule has 3 heterocycles. The standard InChI is InChI=1S/C26H27ClN4O4/c1-5-7-20-21(25(33)31(28-20)19-9-6-8-18(27)13-19)22-23(29-14-16(2)12-17(3)15-29)26(34)30(24(22)32)10-11-35-4/h6,8-9,12-15H,5,7,10-11H2,1-4H3/p+1. The molecule has 0 aliphatic carbocycles. The van der Waals surface area contributed by atoms with Gasteiger partial charge in [0.1, 0.15) is 5.57 Å². The number of carbonyl (C=O) groups is 2. The summed E-state index contributed by atoms with van der Waals surface area (Å²) in [5.41, 5.74) is 3.01. The van der Waals surface area contributed by atoms with Gasteiger partial charge in [-0.15, -0.1) is 0 Å². The van der Waals surface area contributed by atoms with E-state index in [1.165, 1.54) is 11.8 Å². The number of carbonyl (C=O) groups excluding carboxylic acids is 2. The number of ether oxygens (including phenoxy) is 1. The number of methoxy groups -OCH3 is 1. The molecule has 0 bridgehead atoms. The van der Waals surface area contributed by atoms with Gasteiger partial charge in [0.25, 0.3) is 17.2 Å². The second-order valence-corrected chi connectivity index (χ2v) is 9.05. The van der Waals surface area contributed by atoms with E-state index >= 15 is 0 Å². The molecule has 0 atom stereocenters. The van der Waals surface area contributed by atoms with Crippen LogP contribution in [0.5, 0.6) is 0 Å². The van der Waals surface area contributed by atoms with Gasteiger partial charge < -0.3 is 4.74 Å². The van der Waals surface area contributed by atoms with Crippen LogP contribution < -0.4 is 10.1 Å². The first-order valence-electron chi connectivity index (χ1n) is 11.5. The van der Waals surface area contributed by atoms with Gasteiger partial charge in [0, 0.05) is 29.0 Å². The third kappa shape index (κ3) is 4.59. The minimum atomic E-state index is -0.514. The van der Waals surface area contributed by atoms with Gasteiger partial charge in [-0.25, -0.2) is 4.68 Å². The predicted molar refractivity (Wildman–Crippen MR) is 133 cm³/mol. The molecule has 0 saturated heterocycles. The van der Waals surface area contributed by atoms with Crippen LogP contribution in [0.2, 0.25) is 5.02 Å². The van der Waals surface area contributed by atoms with Crippen LogP contribution in [0.15, 0.2) is 47.5 Å². The largest absolute Gasteiger partial charge is 0.383 e. The van der Waals surface area contributed by atoms with E-state index in [1.54, 1.807) is 41.2 Å². The molecule has 1 aromatic carbocycles. The summed E-state index contributed by atoms with van der Waals surface area (Å²) in [5.74, 6) is -0.977. The Labute approximate surface area is 208 Å². The van der Waals surface area contributed by atoms with Gasteiger partial charge in [-0.2, -0.15) is 4.57 Å². The van der Waals surface area contributed by atoms with Crippen LogP contribution >= 0.6 is 11.6 Å². The van der Waals surface area contributed by atoms with Crippen molar-refractivity contribution in [3.63, 3.8) is 0 Å². The highest BCUT2D eigenvalue weighted by Crippen LogP contribution is 2.30. The molecule has 0 spiro atoms. The predicted octanol–water partition coefficient (Wildman–Crippen LogP) is 3.06. The number of aryl methyl sites for hydroxylation is 3. The number of halogens is 1. The Morgan fingerprint density at radius 3 is 2.40 bits per heavy atom. The lowest BCUT2D eigenvalue weighted by Gasteiger charge is -2.12. The number of aromatic amines is 1. The molecule has 1 aliphatic heterocycles. The van der Waals surface area contributed by atoms with Crippen molar-refractivity contribution >= 4 is 34.7 Å². The number of pyridine rings is 1. The number of nitrogens with one attached hydrogen (secondary N) is 1. The van der Waals surface area contributed by atoms with Gasteiger partial charge in [0.05, 0.1) is 24.4 Å². The van der Waals surface area contributed by atoms with Gasteiger partial charge >= 0.3 is 5.91 Å². The van der Waals surface area contributed by atoms with E-state index in [0.717, 1.165) is 22.4 Å². The molecule has 9 heteroatoms. The first kappa shape index (κ1) is 24.6. The topological polar surface area (TPSA) is 88.3 Å². The van der Waals surface area contributed by atoms with Gasteiger partial charge in [-0.3, -0.25) is 24.4 Å². The van der Waals surface area contributed by atoms with Crippen molar-refractivity contribution in [1.82, 2.24) is 14.7 Å². The Kier molecular flexibility index (Phi) is 7.05. The Balaban J connectivity index is 2.01. The van der Waals surface area contributed by atoms with Crippen LogP contribution in [0.4, 0.5) is 0 Å². The van der Waals surface area contributed by atoms with Crippen LogP contribution in [-0.4, -0.2) is 46.8 Å². The maximum Gasteiger partial charge on any atom is 0.326 e. The molecule has 0 radical (unpaired) electrons. The van der Waals surface area contributed by atoms with E-state index in [-0.39, 0.29) is 30.0 Å². The number of imide groups is 1. The Bertz CT molecular complexity index is 1380. The molecule has 2 amide bonds. The van der Waals surface area contributed by atoms with Gasteiger partial charge in [0.15, 0.2) is 12.4 Å². The van der Waals surface area contributed by atoms with Crippen LogP contribution in [0.25, 0.3) is 17.0 Å². The van der Waals surface area contributed by atoms with E-state index in [1.807, 2.05) is 26.8 Å². The van der Waals surface area contributed by atoms with E-state index in [4.69, 9.17) is 16.3 Å². The Morgan fingerprint density at radius 2 is 1.77 bits per heavy atom. The van der Waals surface area contributed by atoms with E-state index in [0.29, 0.717) is 22.8 Å². The third-order valence-corrected chi connectivity index (χ3v) is 6.08. The summed E-state index contributed by atoms with van der Waals surface area (Å²) in [6.45, 7) is 6.09. The van der Waals surface area contributed by atoms with Crippen molar-refractivity contribution < 1.29 is 18.9 Å². The second-order valence-electron chi connectivity index (χ2n) is 8.61. The molecule has 35 heavy (non-hydrogen) atoms. The molecular weight excluding hydrogens is 468 g/mol. The van der Waals surface area contributed by atoms with Crippen molar-refractivity contribution in [3.8, 4) is 5.69 Å². The molecule has 4 rings (SSSR count). The second kappa shape index (κ2) is 10.0. The average Bonchev–Trinajstić information content (AvgIpc) is 3.24. The zero-order valence-electron chi connectivity index (χ0n) is 20.2. The normalized spacial score (nSPS) is 13.9. The van der Waals surface area contributed by atoms with Crippen molar-refractivity contribution in [3.05, 3.63) is 80.5 Å². The minimum absolute atomic E-state index is 0.0859. The van der Waals surface area contributed by atoms with Crippen molar-refractivity contribution in [2.45, 2.75) is 33.6 Å². The minimum Gasteiger partial charge on any atom is -0.383 e. The molecule has 1 aliphatic rings. The Morgan fingerprint density at radius 1 is 1.06 bits per heavy atom. The Hall–Kier alpha value is -3.49. The molecule has 0 fully saturated rings. The van der Waals surface area contributed by atoms with E-state index < -0.39 is 17.4 Å². The smallest absolute Gasteiger partial charge is 0.326 e. The highest BCUT2D eigenvalue weighted by Gasteiger charge is 2.47. The molecule has 2 aromatic heterocycles. The third-order valence-electron chi connectivity index (χ3n) is 5.84. The number of amides is 2. The summed E-state index contributed by atoms with van der Waals surface area (Å²) in [4.78, 5) is 42.2. The molecular formula is C26H28ClN4O4+. The number of hydrogen-bond acceptors (Lipinski definition) is 4. The first-order chi connectivity index (χ1) is 16.8. The van der Waals surface area contributed by atoms with Crippen LogP contribution in [0, 0.1) is 13.8 Å². The van der Waals surface area contributed by atoms with E-state index in [9.17, 15) is 14.4 Å². The maximum absolute atomic E-state index is 13.8. The number of rotatable bonds is 8. The summed E-state index contributed by atoms with van der Waals surface area (Å²) >= 11 is 6.17. The van der Waals surface area contributed by atoms with Crippen LogP contribution in [0.1, 0.15) is 35.7 Å². The molecule has 0 saturated carbocycles. The fraction of sp³-hybridized carbons (Fsp3) is 0.308. The van der Waals surface area contributed by atoms with Gasteiger partial charge in [0.2, 0.25) is 0 Å². The van der Waals surface area contributed by atoms with E-state index in [2.05, 4.69) is 5.10 Å². The lowest BCUT2D eigenvalue weighted by molar-refractivity contribution is -0.577. The SMILES string of the molecule is CCCc1[nH]n(-c2cccc(Cl)c2)c(=O)c1C1=C([n+]2cc(C)cc(C)c2)C(=O)N(CCOC)C1=O. The first-order valence-corrected chi connectivity index (χ1v) is 11.8. The summed E-state index contributed by atoms with van der Waals surface area (Å²) in [6, 6.07) is 8.86. The molecule has 182 valence electrons. The number of aromatic nitrogens is 3. The molecule has 3 aromatic rings. The monoisotopic (exact) mass is 495 g/mol. The average molecular weight is 496 g/mol.